The van der Waals surface area contributed by atoms with Crippen LogP contribution in [0.3, 0.4) is 0 Å². The van der Waals surface area contributed by atoms with Crippen molar-refractivity contribution in [3.63, 3.8) is 0 Å². The lowest BCUT2D eigenvalue weighted by atomic mass is 10.1. The second-order valence-corrected chi connectivity index (χ2v) is 8.44. The first-order valence-corrected chi connectivity index (χ1v) is 11.3. The van der Waals surface area contributed by atoms with Crippen molar-refractivity contribution < 1.29 is 22.7 Å². The number of nitrogens with one attached hydrogen (secondary N) is 2. The van der Waals surface area contributed by atoms with Crippen LogP contribution in [0.15, 0.2) is 48.5 Å². The van der Waals surface area contributed by atoms with Gasteiger partial charge in [0, 0.05) is 23.5 Å². The summed E-state index contributed by atoms with van der Waals surface area (Å²) in [5.74, 6) is -0.957. The zero-order valence-corrected chi connectivity index (χ0v) is 17.6. The molecule has 0 aliphatic rings. The van der Waals surface area contributed by atoms with Crippen LogP contribution in [0.1, 0.15) is 47.4 Å². The van der Waals surface area contributed by atoms with Gasteiger partial charge in [-0.1, -0.05) is 25.5 Å². The van der Waals surface area contributed by atoms with Crippen LogP contribution in [0, 0.1) is 0 Å². The summed E-state index contributed by atoms with van der Waals surface area (Å²) in [6.07, 6.45) is 2.06. The molecule has 2 rings (SSSR count). The zero-order chi connectivity index (χ0) is 21.4. The highest BCUT2D eigenvalue weighted by atomic mass is 32.2. The minimum Gasteiger partial charge on any atom is -0.451 e. The van der Waals surface area contributed by atoms with Crippen LogP contribution in [-0.2, 0) is 14.8 Å². The van der Waals surface area contributed by atoms with Crippen molar-refractivity contribution in [3.05, 3.63) is 59.7 Å². The molecule has 2 aromatic carbocycles. The number of carbonyl (C=O) groups is 2. The number of anilines is 2. The normalized spacial score (nSPS) is 12.1. The number of sulfonamides is 1. The molecule has 156 valence electrons. The first kappa shape index (κ1) is 22.4. The smallest absolute Gasteiger partial charge is 0.340 e. The molecule has 0 spiro atoms. The molecule has 0 radical (unpaired) electrons. The van der Waals surface area contributed by atoms with Crippen molar-refractivity contribution in [2.45, 2.75) is 32.8 Å². The van der Waals surface area contributed by atoms with Crippen LogP contribution in [0.25, 0.3) is 0 Å². The Labute approximate surface area is 171 Å². The number of carbonyl (C=O) groups excluding carboxylic acids is 2. The Balaban J connectivity index is 2.05. The number of benzene rings is 2. The number of ketones is 1. The minimum absolute atomic E-state index is 0.318. The molecule has 7 nitrogen and oxygen atoms in total. The molecule has 2 N–H and O–H groups in total. The van der Waals surface area contributed by atoms with Crippen molar-refractivity contribution in [2.75, 3.05) is 22.8 Å². The Hall–Kier alpha value is -2.87. The molecule has 0 aromatic heterocycles. The number of unbranched alkanes of at least 4 members (excludes halogenated alkanes) is 1. The highest BCUT2D eigenvalue weighted by molar-refractivity contribution is 7.92. The number of esters is 1. The van der Waals surface area contributed by atoms with E-state index in [0.717, 1.165) is 25.6 Å². The molecular weight excluding hydrogens is 392 g/mol. The Morgan fingerprint density at radius 1 is 1.07 bits per heavy atom. The van der Waals surface area contributed by atoms with E-state index in [4.69, 9.17) is 4.74 Å². The van der Waals surface area contributed by atoms with E-state index < -0.39 is 22.1 Å². The molecule has 0 fully saturated rings. The average Bonchev–Trinajstić information content (AvgIpc) is 2.67. The van der Waals surface area contributed by atoms with Crippen LogP contribution in [0.2, 0.25) is 0 Å². The molecule has 2 aromatic rings. The Bertz CT molecular complexity index is 955. The Kier molecular flexibility index (Phi) is 7.78. The van der Waals surface area contributed by atoms with E-state index in [-0.39, 0.29) is 5.78 Å². The van der Waals surface area contributed by atoms with E-state index in [2.05, 4.69) is 17.0 Å². The van der Waals surface area contributed by atoms with Gasteiger partial charge < -0.3 is 10.1 Å². The van der Waals surface area contributed by atoms with Crippen LogP contribution < -0.4 is 10.0 Å². The molecule has 0 unspecified atom stereocenters. The molecule has 0 heterocycles. The van der Waals surface area contributed by atoms with Crippen LogP contribution in [0.4, 0.5) is 11.4 Å². The van der Waals surface area contributed by atoms with Gasteiger partial charge in [-0.2, -0.15) is 0 Å². The molecule has 0 amide bonds. The summed E-state index contributed by atoms with van der Waals surface area (Å²) >= 11 is 0. The lowest BCUT2D eigenvalue weighted by Gasteiger charge is -2.15. The fourth-order valence-corrected chi connectivity index (χ4v) is 3.21. The number of para-hydroxylation sites is 1. The third-order valence-corrected chi connectivity index (χ3v) is 4.72. The second kappa shape index (κ2) is 10.1. The van der Waals surface area contributed by atoms with E-state index in [1.807, 2.05) is 6.07 Å². The number of hydrogen-bond donors (Lipinski definition) is 2. The van der Waals surface area contributed by atoms with Gasteiger partial charge in [-0.15, -0.1) is 0 Å². The van der Waals surface area contributed by atoms with Crippen molar-refractivity contribution in [2.24, 2.45) is 0 Å². The zero-order valence-electron chi connectivity index (χ0n) is 16.8. The van der Waals surface area contributed by atoms with Crippen molar-refractivity contribution in [3.8, 4) is 0 Å². The van der Waals surface area contributed by atoms with Crippen LogP contribution >= 0.6 is 0 Å². The molecule has 0 aliphatic heterocycles. The van der Waals surface area contributed by atoms with Crippen LogP contribution in [0.5, 0.6) is 0 Å². The van der Waals surface area contributed by atoms with E-state index >= 15 is 0 Å². The lowest BCUT2D eigenvalue weighted by molar-refractivity contribution is 0.0319. The summed E-state index contributed by atoms with van der Waals surface area (Å²) in [7, 11) is -3.40. The summed E-state index contributed by atoms with van der Waals surface area (Å²) in [5.41, 5.74) is 1.71. The van der Waals surface area contributed by atoms with Gasteiger partial charge in [0.15, 0.2) is 6.10 Å². The van der Waals surface area contributed by atoms with E-state index in [1.54, 1.807) is 18.2 Å². The standard InChI is InChI=1S/C21H26N2O5S/c1-4-5-14-22-19-9-7-6-8-18(19)21(25)28-15(2)20(24)16-10-12-17(13-11-16)23-29(3,26)27/h6-13,15,22-23H,4-5,14H2,1-3H3/t15-/m0/s1. The van der Waals surface area contributed by atoms with Gasteiger partial charge >= 0.3 is 5.97 Å². The Morgan fingerprint density at radius 3 is 2.34 bits per heavy atom. The Morgan fingerprint density at radius 2 is 1.72 bits per heavy atom. The summed E-state index contributed by atoms with van der Waals surface area (Å²) in [5, 5.41) is 3.21. The number of Topliss-reactive ketones (excluding diaryl/α,β-unsaturated/α-hetero) is 1. The summed E-state index contributed by atoms with van der Waals surface area (Å²) in [6.45, 7) is 4.33. The molecule has 1 atom stereocenters. The third kappa shape index (κ3) is 6.90. The summed E-state index contributed by atoms with van der Waals surface area (Å²) in [6, 6.07) is 12.9. The van der Waals surface area contributed by atoms with Crippen molar-refractivity contribution >= 4 is 33.2 Å². The van der Waals surface area contributed by atoms with E-state index in [0.29, 0.717) is 22.5 Å². The van der Waals surface area contributed by atoms with Crippen LogP contribution in [-0.4, -0.2) is 39.1 Å². The molecular formula is C21H26N2O5S. The number of ether oxygens (including phenoxy) is 1. The molecule has 8 heteroatoms. The first-order valence-electron chi connectivity index (χ1n) is 9.37. The SMILES string of the molecule is CCCCNc1ccccc1C(=O)O[C@@H](C)C(=O)c1ccc(NS(C)(=O)=O)cc1. The quantitative estimate of drug-likeness (QED) is 0.347. The highest BCUT2D eigenvalue weighted by Crippen LogP contribution is 2.19. The number of hydrogen-bond acceptors (Lipinski definition) is 6. The van der Waals surface area contributed by atoms with Gasteiger partial charge in [-0.3, -0.25) is 9.52 Å². The largest absolute Gasteiger partial charge is 0.451 e. The van der Waals surface area contributed by atoms with Gasteiger partial charge in [0.2, 0.25) is 15.8 Å². The van der Waals surface area contributed by atoms with Gasteiger partial charge in [0.1, 0.15) is 0 Å². The summed E-state index contributed by atoms with van der Waals surface area (Å²) < 4.78 is 30.2. The van der Waals surface area contributed by atoms with E-state index in [1.165, 1.54) is 31.2 Å². The highest BCUT2D eigenvalue weighted by Gasteiger charge is 2.22. The maximum atomic E-state index is 12.6. The second-order valence-electron chi connectivity index (χ2n) is 6.69. The van der Waals surface area contributed by atoms with E-state index in [9.17, 15) is 18.0 Å². The molecule has 0 saturated carbocycles. The first-order chi connectivity index (χ1) is 13.7. The monoisotopic (exact) mass is 418 g/mol. The lowest BCUT2D eigenvalue weighted by Crippen LogP contribution is -2.25. The van der Waals surface area contributed by atoms with Crippen molar-refractivity contribution in [1.29, 1.82) is 0 Å². The van der Waals surface area contributed by atoms with Gasteiger partial charge in [-0.25, -0.2) is 13.2 Å². The van der Waals surface area contributed by atoms with Gasteiger partial charge in [0.25, 0.3) is 0 Å². The third-order valence-electron chi connectivity index (χ3n) is 4.12. The fraction of sp³-hybridized carbons (Fsp3) is 0.333. The summed E-state index contributed by atoms with van der Waals surface area (Å²) in [4.78, 5) is 25.1. The van der Waals surface area contributed by atoms with Gasteiger partial charge in [0.05, 0.1) is 11.8 Å². The predicted octanol–water partition coefficient (Wildman–Crippen LogP) is 3.70. The maximum Gasteiger partial charge on any atom is 0.340 e. The molecule has 0 aliphatic carbocycles. The number of rotatable bonds is 10. The predicted molar refractivity (Wildman–Crippen MR) is 114 cm³/mol. The fourth-order valence-electron chi connectivity index (χ4n) is 2.64. The molecule has 0 saturated heterocycles. The topological polar surface area (TPSA) is 102 Å². The molecule has 29 heavy (non-hydrogen) atoms. The van der Waals surface area contributed by atoms with Gasteiger partial charge in [-0.05, 0) is 49.7 Å². The molecule has 0 bridgehead atoms. The average molecular weight is 419 g/mol. The maximum absolute atomic E-state index is 12.6. The van der Waals surface area contributed by atoms with Crippen molar-refractivity contribution in [1.82, 2.24) is 0 Å². The minimum atomic E-state index is -3.40.